The Bertz CT molecular complexity index is 1330. The molecule has 2 aromatic carbocycles. The lowest BCUT2D eigenvalue weighted by Crippen LogP contribution is -2.42. The summed E-state index contributed by atoms with van der Waals surface area (Å²) in [6.45, 7) is 4.98. The molecule has 4 rings (SSSR count). The lowest BCUT2D eigenvalue weighted by atomic mass is 10.1. The molecule has 0 radical (unpaired) electrons. The van der Waals surface area contributed by atoms with E-state index in [0.717, 1.165) is 25.6 Å². The first-order valence-corrected chi connectivity index (χ1v) is 13.1. The summed E-state index contributed by atoms with van der Waals surface area (Å²) in [5.41, 5.74) is 7.10. The fourth-order valence-corrected chi connectivity index (χ4v) is 4.80. The van der Waals surface area contributed by atoms with Crippen LogP contribution in [0.15, 0.2) is 72.3 Å². The van der Waals surface area contributed by atoms with Gasteiger partial charge < -0.3 is 15.6 Å². The van der Waals surface area contributed by atoms with E-state index in [-0.39, 0.29) is 10.9 Å². The average molecular weight is 497 g/mol. The average Bonchev–Trinajstić information content (AvgIpc) is 3.30. The van der Waals surface area contributed by atoms with E-state index in [1.807, 2.05) is 4.90 Å². The standard InChI is InChI=1S/C25H28N4O5S/c1-3-23(30)28-13-5-6-18(15-28)29-16-22(25(26)31)24(27-29)17-9-11-19(12-10-17)34-20-7-4-8-21(14-20)35(2,32)33/h3-4,7-12,14,16,18,23,30H,1,5-6,13,15H2,2H3,(H2,26,31)/t18-,23?/m1/s1. The van der Waals surface area contributed by atoms with Crippen LogP contribution in [0.5, 0.6) is 11.5 Å². The molecule has 3 N–H and O–H groups in total. The van der Waals surface area contributed by atoms with Crippen LogP contribution in [0.1, 0.15) is 29.2 Å². The predicted molar refractivity (Wildman–Crippen MR) is 132 cm³/mol. The second-order valence-electron chi connectivity index (χ2n) is 8.55. The summed E-state index contributed by atoms with van der Waals surface area (Å²) in [6.07, 6.45) is 5.31. The van der Waals surface area contributed by atoms with E-state index in [4.69, 9.17) is 10.5 Å². The summed E-state index contributed by atoms with van der Waals surface area (Å²) < 4.78 is 31.1. The molecular formula is C25H28N4O5S. The van der Waals surface area contributed by atoms with Crippen LogP contribution in [0.3, 0.4) is 0 Å². The van der Waals surface area contributed by atoms with E-state index in [1.54, 1.807) is 47.3 Å². The number of carbonyl (C=O) groups is 1. The van der Waals surface area contributed by atoms with Crippen molar-refractivity contribution in [2.24, 2.45) is 5.73 Å². The van der Waals surface area contributed by atoms with Crippen molar-refractivity contribution in [3.05, 3.63) is 72.9 Å². The van der Waals surface area contributed by atoms with Gasteiger partial charge >= 0.3 is 0 Å². The summed E-state index contributed by atoms with van der Waals surface area (Å²) >= 11 is 0. The van der Waals surface area contributed by atoms with Gasteiger partial charge in [0.1, 0.15) is 23.4 Å². The van der Waals surface area contributed by atoms with Crippen molar-refractivity contribution >= 4 is 15.7 Å². The highest BCUT2D eigenvalue weighted by molar-refractivity contribution is 7.90. The molecule has 2 atom stereocenters. The largest absolute Gasteiger partial charge is 0.457 e. The number of hydrogen-bond donors (Lipinski definition) is 2. The van der Waals surface area contributed by atoms with Gasteiger partial charge in [-0.3, -0.25) is 14.4 Å². The summed E-state index contributed by atoms with van der Waals surface area (Å²) in [6, 6.07) is 13.2. The van der Waals surface area contributed by atoms with E-state index in [1.165, 1.54) is 18.2 Å². The van der Waals surface area contributed by atoms with Gasteiger partial charge in [-0.05, 0) is 61.4 Å². The number of nitrogens with two attached hydrogens (primary N) is 1. The van der Waals surface area contributed by atoms with E-state index in [9.17, 15) is 18.3 Å². The second kappa shape index (κ2) is 10.0. The van der Waals surface area contributed by atoms with Crippen molar-refractivity contribution in [2.45, 2.75) is 30.0 Å². The molecule has 3 aromatic rings. The van der Waals surface area contributed by atoms with Crippen molar-refractivity contribution in [1.29, 1.82) is 0 Å². The third kappa shape index (κ3) is 5.61. The lowest BCUT2D eigenvalue weighted by Gasteiger charge is -2.34. The maximum Gasteiger partial charge on any atom is 0.252 e. The number of amides is 1. The van der Waals surface area contributed by atoms with Gasteiger partial charge in [-0.25, -0.2) is 8.42 Å². The molecule has 35 heavy (non-hydrogen) atoms. The normalized spacial score (nSPS) is 17.6. The minimum atomic E-state index is -3.35. The number of carbonyl (C=O) groups excluding carboxylic acids is 1. The van der Waals surface area contributed by atoms with E-state index >= 15 is 0 Å². The Balaban J connectivity index is 1.57. The molecule has 1 aromatic heterocycles. The number of likely N-dealkylation sites (tertiary alicyclic amines) is 1. The first-order valence-electron chi connectivity index (χ1n) is 11.2. The maximum atomic E-state index is 12.2. The van der Waals surface area contributed by atoms with Crippen molar-refractivity contribution < 1.29 is 23.1 Å². The smallest absolute Gasteiger partial charge is 0.252 e. The number of aliphatic hydroxyl groups excluding tert-OH is 1. The lowest BCUT2D eigenvalue weighted by molar-refractivity contribution is 0.0121. The number of primary amides is 1. The van der Waals surface area contributed by atoms with Crippen LogP contribution in [0.4, 0.5) is 0 Å². The number of aliphatic hydroxyl groups is 1. The molecule has 1 fully saturated rings. The van der Waals surface area contributed by atoms with Crippen LogP contribution in [-0.4, -0.2) is 59.7 Å². The molecule has 0 saturated carbocycles. The Morgan fingerprint density at radius 1 is 1.26 bits per heavy atom. The number of piperidine rings is 1. The van der Waals surface area contributed by atoms with E-state index in [0.29, 0.717) is 34.9 Å². The monoisotopic (exact) mass is 496 g/mol. The molecule has 1 amide bonds. The maximum absolute atomic E-state index is 12.2. The van der Waals surface area contributed by atoms with Crippen LogP contribution >= 0.6 is 0 Å². The molecule has 2 heterocycles. The van der Waals surface area contributed by atoms with Gasteiger partial charge in [-0.2, -0.15) is 5.10 Å². The van der Waals surface area contributed by atoms with Crippen molar-refractivity contribution in [2.75, 3.05) is 19.3 Å². The molecule has 10 heteroatoms. The number of aromatic nitrogens is 2. The molecule has 9 nitrogen and oxygen atoms in total. The van der Waals surface area contributed by atoms with Crippen LogP contribution < -0.4 is 10.5 Å². The van der Waals surface area contributed by atoms with Gasteiger partial charge in [0.2, 0.25) is 0 Å². The molecule has 1 aliphatic heterocycles. The number of nitrogens with zero attached hydrogens (tertiary/aromatic N) is 3. The van der Waals surface area contributed by atoms with Gasteiger partial charge in [0.05, 0.1) is 16.5 Å². The Morgan fingerprint density at radius 2 is 2.00 bits per heavy atom. The highest BCUT2D eigenvalue weighted by Gasteiger charge is 2.27. The van der Waals surface area contributed by atoms with Crippen molar-refractivity contribution in [3.63, 3.8) is 0 Å². The summed E-state index contributed by atoms with van der Waals surface area (Å²) in [5, 5.41) is 14.8. The first kappa shape index (κ1) is 24.6. The number of sulfone groups is 1. The second-order valence-corrected chi connectivity index (χ2v) is 10.6. The first-order chi connectivity index (χ1) is 16.7. The zero-order chi connectivity index (χ0) is 25.2. The van der Waals surface area contributed by atoms with Crippen LogP contribution in [-0.2, 0) is 9.84 Å². The highest BCUT2D eigenvalue weighted by atomic mass is 32.2. The number of benzene rings is 2. The Hall–Kier alpha value is -3.47. The van der Waals surface area contributed by atoms with Gasteiger partial charge in [0, 0.05) is 31.1 Å². The van der Waals surface area contributed by atoms with Crippen LogP contribution in [0, 0.1) is 0 Å². The predicted octanol–water partition coefficient (Wildman–Crippen LogP) is 2.99. The number of rotatable bonds is 8. The van der Waals surface area contributed by atoms with Crippen molar-refractivity contribution in [3.8, 4) is 22.8 Å². The van der Waals surface area contributed by atoms with Gasteiger partial charge in [0.25, 0.3) is 5.91 Å². The zero-order valence-electron chi connectivity index (χ0n) is 19.4. The highest BCUT2D eigenvalue weighted by Crippen LogP contribution is 2.30. The summed E-state index contributed by atoms with van der Waals surface area (Å²) in [5.74, 6) is 0.315. The van der Waals surface area contributed by atoms with Gasteiger partial charge in [-0.1, -0.05) is 12.6 Å². The molecule has 0 aliphatic carbocycles. The van der Waals surface area contributed by atoms with Gasteiger partial charge in [-0.15, -0.1) is 0 Å². The third-order valence-corrected chi connectivity index (χ3v) is 7.09. The van der Waals surface area contributed by atoms with Crippen LogP contribution in [0.25, 0.3) is 11.3 Å². The minimum Gasteiger partial charge on any atom is -0.457 e. The van der Waals surface area contributed by atoms with E-state index in [2.05, 4.69) is 11.7 Å². The van der Waals surface area contributed by atoms with E-state index < -0.39 is 22.0 Å². The molecule has 1 aliphatic rings. The quantitative estimate of drug-likeness (QED) is 0.459. The van der Waals surface area contributed by atoms with Crippen molar-refractivity contribution in [1.82, 2.24) is 14.7 Å². The van der Waals surface area contributed by atoms with Crippen LogP contribution in [0.2, 0.25) is 0 Å². The third-order valence-electron chi connectivity index (χ3n) is 5.98. The zero-order valence-corrected chi connectivity index (χ0v) is 20.2. The Kier molecular flexibility index (Phi) is 7.06. The minimum absolute atomic E-state index is 0.0186. The van der Waals surface area contributed by atoms with Gasteiger partial charge in [0.15, 0.2) is 9.84 Å². The number of ether oxygens (including phenoxy) is 1. The fraction of sp³-hybridized carbons (Fsp3) is 0.280. The molecule has 0 spiro atoms. The molecule has 1 unspecified atom stereocenters. The molecule has 184 valence electrons. The number of hydrogen-bond acceptors (Lipinski definition) is 7. The Labute approximate surface area is 204 Å². The molecule has 1 saturated heterocycles. The molecular weight excluding hydrogens is 468 g/mol. The topological polar surface area (TPSA) is 128 Å². The molecule has 0 bridgehead atoms. The summed E-state index contributed by atoms with van der Waals surface area (Å²) in [7, 11) is -3.35. The fourth-order valence-electron chi connectivity index (χ4n) is 4.15. The SMILES string of the molecule is C=CC(O)N1CCC[C@@H](n2cc(C(N)=O)c(-c3ccc(Oc4cccc(S(C)(=O)=O)c4)cc3)n2)C1. The Morgan fingerprint density at radius 3 is 2.66 bits per heavy atom. The summed E-state index contributed by atoms with van der Waals surface area (Å²) in [4.78, 5) is 14.2.